The Morgan fingerprint density at radius 3 is 1.92 bits per heavy atom. The van der Waals surface area contributed by atoms with Gasteiger partial charge < -0.3 is 26.5 Å². The third kappa shape index (κ3) is 30.7. The number of carbonyl (C=O) groups excluding carboxylic acids is 5. The number of aldehydes is 1. The number of fused-ring (bicyclic) bond motifs is 1. The van der Waals surface area contributed by atoms with Crippen LogP contribution in [0.25, 0.3) is 0 Å². The molecule has 0 radical (unpaired) electrons. The number of hydrogen-bond donors (Lipinski definition) is 4. The lowest BCUT2D eigenvalue weighted by molar-refractivity contribution is -0.127. The summed E-state index contributed by atoms with van der Waals surface area (Å²) in [4.78, 5) is 56.1. The van der Waals surface area contributed by atoms with Crippen LogP contribution in [0.1, 0.15) is 105 Å². The van der Waals surface area contributed by atoms with Crippen LogP contribution in [0, 0.1) is 18.3 Å². The summed E-state index contributed by atoms with van der Waals surface area (Å²) in [7, 11) is 1.90. The van der Waals surface area contributed by atoms with Crippen molar-refractivity contribution in [1.82, 2.24) is 20.9 Å². The molecule has 0 aliphatic heterocycles. The van der Waals surface area contributed by atoms with E-state index in [1.165, 1.54) is 30.9 Å². The zero-order valence-electron chi connectivity index (χ0n) is 31.4. The van der Waals surface area contributed by atoms with Crippen molar-refractivity contribution >= 4 is 30.4 Å². The minimum Gasteiger partial charge on any atom is -0.355 e. The Kier molecular flexibility index (Phi) is 39.7. The molecule has 1 aliphatic carbocycles. The monoisotopic (exact) mass is 674 g/mol. The molecule has 0 saturated carbocycles. The highest BCUT2D eigenvalue weighted by Crippen LogP contribution is 2.28. The Morgan fingerprint density at radius 2 is 1.56 bits per heavy atom. The second kappa shape index (κ2) is 37.5. The topological polar surface area (TPSA) is 151 Å². The van der Waals surface area contributed by atoms with Gasteiger partial charge in [0.15, 0.2) is 5.78 Å². The summed E-state index contributed by atoms with van der Waals surface area (Å²) >= 11 is 0. The maximum absolute atomic E-state index is 11.7. The summed E-state index contributed by atoms with van der Waals surface area (Å²) in [6.07, 6.45) is 15.5. The van der Waals surface area contributed by atoms with Crippen molar-refractivity contribution in [2.24, 2.45) is 11.7 Å². The van der Waals surface area contributed by atoms with Crippen molar-refractivity contribution in [2.45, 2.75) is 119 Å². The molecule has 2 atom stereocenters. The molecule has 274 valence electrons. The van der Waals surface area contributed by atoms with E-state index < -0.39 is 18.1 Å². The van der Waals surface area contributed by atoms with Crippen molar-refractivity contribution in [3.63, 3.8) is 0 Å². The van der Waals surface area contributed by atoms with Crippen LogP contribution in [-0.2, 0) is 32.0 Å². The fourth-order valence-corrected chi connectivity index (χ4v) is 4.00. The van der Waals surface area contributed by atoms with Gasteiger partial charge in [0.05, 0.1) is 18.6 Å². The molecule has 5 N–H and O–H groups in total. The van der Waals surface area contributed by atoms with Crippen molar-refractivity contribution in [3.8, 4) is 12.3 Å². The molecule has 2 unspecified atom stereocenters. The largest absolute Gasteiger partial charge is 0.355 e. The molecule has 48 heavy (non-hydrogen) atoms. The molecule has 2 rings (SSSR count). The van der Waals surface area contributed by atoms with Gasteiger partial charge in [0.25, 0.3) is 0 Å². The minimum absolute atomic E-state index is 0.0465. The van der Waals surface area contributed by atoms with E-state index in [9.17, 15) is 24.0 Å². The number of nitrogens with two attached hydrogens (primary N) is 1. The van der Waals surface area contributed by atoms with Crippen LogP contribution in [0.5, 0.6) is 0 Å². The van der Waals surface area contributed by atoms with Gasteiger partial charge >= 0.3 is 6.03 Å². The van der Waals surface area contributed by atoms with E-state index in [-0.39, 0.29) is 17.6 Å². The Balaban J connectivity index is -0.000000292. The third-order valence-corrected chi connectivity index (χ3v) is 6.10. The smallest absolute Gasteiger partial charge is 0.312 e. The number of urea groups is 1. The average molecular weight is 674 g/mol. The molecule has 0 fully saturated rings. The first kappa shape index (κ1) is 50.9. The highest BCUT2D eigenvalue weighted by molar-refractivity contribution is 5.88. The molecule has 4 amide bonds. The molecule has 1 aromatic carbocycles. The van der Waals surface area contributed by atoms with Gasteiger partial charge in [-0.2, -0.15) is 0 Å². The molecule has 1 aliphatic rings. The third-order valence-electron chi connectivity index (χ3n) is 6.10. The molecular formula is C38H67N5O5. The maximum Gasteiger partial charge on any atom is 0.312 e. The zero-order valence-corrected chi connectivity index (χ0v) is 31.4. The van der Waals surface area contributed by atoms with Crippen molar-refractivity contribution in [2.75, 3.05) is 26.7 Å². The van der Waals surface area contributed by atoms with E-state index in [0.717, 1.165) is 38.5 Å². The quantitative estimate of drug-likeness (QED) is 0.0822. The van der Waals surface area contributed by atoms with Gasteiger partial charge in [0.1, 0.15) is 6.29 Å². The number of amides is 4. The molecule has 0 aromatic heterocycles. The predicted molar refractivity (Wildman–Crippen MR) is 201 cm³/mol. The van der Waals surface area contributed by atoms with Crippen molar-refractivity contribution in [3.05, 3.63) is 48.0 Å². The fraction of sp³-hybridized carbons (Fsp3) is 0.605. The van der Waals surface area contributed by atoms with Crippen LogP contribution in [0.15, 0.2) is 36.9 Å². The van der Waals surface area contributed by atoms with Crippen molar-refractivity contribution < 1.29 is 24.0 Å². The summed E-state index contributed by atoms with van der Waals surface area (Å²) in [5.74, 6) is 2.44. The van der Waals surface area contributed by atoms with E-state index >= 15 is 0 Å². The Labute approximate surface area is 292 Å². The van der Waals surface area contributed by atoms with E-state index in [1.54, 1.807) is 6.08 Å². The molecule has 0 saturated heterocycles. The average Bonchev–Trinajstić information content (AvgIpc) is 3.50. The number of terminal acetylenes is 1. The van der Waals surface area contributed by atoms with Gasteiger partial charge in [-0.05, 0) is 63.2 Å². The Morgan fingerprint density at radius 1 is 1.04 bits per heavy atom. The summed E-state index contributed by atoms with van der Waals surface area (Å²) < 4.78 is 0. The number of primary amides is 1. The fourth-order valence-electron chi connectivity index (χ4n) is 4.00. The van der Waals surface area contributed by atoms with Gasteiger partial charge in [0.2, 0.25) is 12.3 Å². The van der Waals surface area contributed by atoms with E-state index in [1.807, 2.05) is 37.9 Å². The molecule has 10 heteroatoms. The van der Waals surface area contributed by atoms with Crippen molar-refractivity contribution in [1.29, 1.82) is 0 Å². The van der Waals surface area contributed by atoms with Crippen LogP contribution in [0.3, 0.4) is 0 Å². The minimum atomic E-state index is -0.645. The highest BCUT2D eigenvalue weighted by Gasteiger charge is 2.28. The first-order valence-corrected chi connectivity index (χ1v) is 17.2. The van der Waals surface area contributed by atoms with Crippen LogP contribution >= 0.6 is 0 Å². The molecule has 10 nitrogen and oxygen atoms in total. The second-order valence-corrected chi connectivity index (χ2v) is 10.9. The molecule has 0 bridgehead atoms. The summed E-state index contributed by atoms with van der Waals surface area (Å²) in [5, 5.41) is 7.61. The van der Waals surface area contributed by atoms with Gasteiger partial charge in [-0.1, -0.05) is 98.1 Å². The number of hydrogen-bond acceptors (Lipinski definition) is 6. The lowest BCUT2D eigenvalue weighted by atomic mass is 9.98. The van der Waals surface area contributed by atoms with Crippen LogP contribution in [0.4, 0.5) is 4.79 Å². The second-order valence-electron chi connectivity index (χ2n) is 10.9. The standard InChI is InChI=1S/C14H24N2O2.C12H14N2O2.C4H7NO.2C3H8.C2H6/c1-5-7-9-13(12(3)17)15-14(18)11-16(4)10-8-6-2;13-12(16)14-11(7-15)10-5-8-3-1-2-4-9(8)6-10;1-2-3-5-4-6;2*1-3-2;1-2/h1,13H,6-11H2,2-4H3,(H,15,18);1-4,7,10-11H,5-6H2,(H3,13,14,16);2,4H,1,3H2,(H,5,6);2*3H2,1-2H3;1-2H3. The van der Waals surface area contributed by atoms with Crippen LogP contribution in [-0.4, -0.2) is 74.1 Å². The molecule has 0 spiro atoms. The number of rotatable bonds is 15. The van der Waals surface area contributed by atoms with E-state index in [4.69, 9.17) is 12.2 Å². The Hall–Kier alpha value is -3.97. The maximum atomic E-state index is 11.7. The van der Waals surface area contributed by atoms with Gasteiger partial charge in [-0.3, -0.25) is 19.3 Å². The molecule has 1 aromatic rings. The number of likely N-dealkylation sites (N-methyl/N-ethyl adjacent to an activating group) is 1. The molecular weight excluding hydrogens is 606 g/mol. The van der Waals surface area contributed by atoms with E-state index in [2.05, 4.69) is 75.2 Å². The first-order chi connectivity index (χ1) is 23.0. The number of nitrogens with zero attached hydrogens (tertiary/aromatic N) is 1. The summed E-state index contributed by atoms with van der Waals surface area (Å²) in [5.41, 5.74) is 7.54. The van der Waals surface area contributed by atoms with Gasteiger partial charge in [-0.25, -0.2) is 4.79 Å². The van der Waals surface area contributed by atoms with Gasteiger partial charge in [-0.15, -0.1) is 18.9 Å². The van der Waals surface area contributed by atoms with Gasteiger partial charge in [0, 0.05) is 13.0 Å². The lowest BCUT2D eigenvalue weighted by Gasteiger charge is -2.19. The zero-order chi connectivity index (χ0) is 37.8. The van der Waals surface area contributed by atoms with Crippen LogP contribution < -0.4 is 21.7 Å². The number of Topliss-reactive ketones (excluding diaryl/α,β-unsaturated/α-hetero) is 1. The number of ketones is 1. The number of unbranched alkanes of at least 4 members (excludes halogenated alkanes) is 1. The highest BCUT2D eigenvalue weighted by atomic mass is 16.2. The number of nitrogens with one attached hydrogen (secondary N) is 3. The van der Waals surface area contributed by atoms with E-state index in [0.29, 0.717) is 32.3 Å². The molecule has 0 heterocycles. The number of benzene rings is 1. The lowest BCUT2D eigenvalue weighted by Crippen LogP contribution is -2.44. The normalized spacial score (nSPS) is 11.7. The summed E-state index contributed by atoms with van der Waals surface area (Å²) in [6.45, 7) is 21.2. The predicted octanol–water partition coefficient (Wildman–Crippen LogP) is 5.62. The van der Waals surface area contributed by atoms with Crippen LogP contribution in [0.2, 0.25) is 0 Å². The number of carbonyl (C=O) groups is 5. The summed E-state index contributed by atoms with van der Waals surface area (Å²) in [6, 6.07) is 6.51. The first-order valence-electron chi connectivity index (χ1n) is 17.2. The SMILES string of the molecule is C#CCCC(NC(=O)CN(C)CCCC)C(C)=O.C=CCNC=O.CC.CCC.CCC.NC(=O)NC(C=O)C1Cc2ccccc2C1. The Bertz CT molecular complexity index is 990.